The highest BCUT2D eigenvalue weighted by Gasteiger charge is 2.17. The van der Waals surface area contributed by atoms with Crippen molar-refractivity contribution in [1.29, 1.82) is 0 Å². The second-order valence-corrected chi connectivity index (χ2v) is 7.30. The van der Waals surface area contributed by atoms with Gasteiger partial charge in [-0.2, -0.15) is 0 Å². The highest BCUT2D eigenvalue weighted by Crippen LogP contribution is 2.28. The van der Waals surface area contributed by atoms with Crippen LogP contribution in [0.3, 0.4) is 0 Å². The quantitative estimate of drug-likeness (QED) is 0.687. The summed E-state index contributed by atoms with van der Waals surface area (Å²) in [6, 6.07) is 5.25. The molecule has 0 radical (unpaired) electrons. The number of thioether (sulfide) groups is 1. The van der Waals surface area contributed by atoms with E-state index in [-0.39, 0.29) is 11.7 Å². The summed E-state index contributed by atoms with van der Waals surface area (Å²) >= 11 is 1.32. The number of aromatic nitrogens is 3. The minimum absolute atomic E-state index is 0.132. The fraction of sp³-hybridized carbons (Fsp3) is 0.500. The standard InChI is InChI=1S/C18H24N4O3S/c1-24-14-8-13(9-15(10-14)25-2)19-17(23)11-26-18-20-16(21-22-18)7-12-5-3-4-6-12/h8-10,12H,3-7,11H2,1-2H3,(H,19,23)(H,20,21,22). The van der Waals surface area contributed by atoms with Gasteiger partial charge in [-0.1, -0.05) is 37.4 Å². The molecule has 7 nitrogen and oxygen atoms in total. The van der Waals surface area contributed by atoms with Crippen molar-refractivity contribution in [3.63, 3.8) is 0 Å². The molecule has 8 heteroatoms. The van der Waals surface area contributed by atoms with Crippen LogP contribution in [0.5, 0.6) is 11.5 Å². The van der Waals surface area contributed by atoms with Gasteiger partial charge in [0, 0.05) is 30.3 Å². The predicted molar refractivity (Wildman–Crippen MR) is 101 cm³/mol. The molecule has 2 aromatic rings. The van der Waals surface area contributed by atoms with Gasteiger partial charge in [0.15, 0.2) is 0 Å². The third-order valence-electron chi connectivity index (χ3n) is 4.44. The Balaban J connectivity index is 1.50. The molecule has 0 bridgehead atoms. The number of carbonyl (C=O) groups excluding carboxylic acids is 1. The average Bonchev–Trinajstić information content (AvgIpc) is 3.32. The molecule has 1 aliphatic carbocycles. The van der Waals surface area contributed by atoms with Crippen LogP contribution >= 0.6 is 11.8 Å². The van der Waals surface area contributed by atoms with Gasteiger partial charge in [0.1, 0.15) is 17.3 Å². The van der Waals surface area contributed by atoms with E-state index in [2.05, 4.69) is 20.5 Å². The van der Waals surface area contributed by atoms with E-state index in [9.17, 15) is 4.79 Å². The van der Waals surface area contributed by atoms with Crippen LogP contribution in [0, 0.1) is 5.92 Å². The third kappa shape index (κ3) is 5.14. The molecule has 3 rings (SSSR count). The van der Waals surface area contributed by atoms with E-state index in [0.29, 0.717) is 28.3 Å². The lowest BCUT2D eigenvalue weighted by molar-refractivity contribution is -0.113. The fourth-order valence-corrected chi connectivity index (χ4v) is 3.75. The molecule has 0 aliphatic heterocycles. The summed E-state index contributed by atoms with van der Waals surface area (Å²) in [5, 5.41) is 10.6. The Labute approximate surface area is 157 Å². The van der Waals surface area contributed by atoms with E-state index in [1.807, 2.05) is 0 Å². The second-order valence-electron chi connectivity index (χ2n) is 6.36. The number of amides is 1. The van der Waals surface area contributed by atoms with Gasteiger partial charge in [-0.15, -0.1) is 5.10 Å². The molecule has 1 aromatic carbocycles. The fourth-order valence-electron chi connectivity index (χ4n) is 3.13. The number of benzene rings is 1. The zero-order chi connectivity index (χ0) is 18.4. The Morgan fingerprint density at radius 1 is 1.23 bits per heavy atom. The maximum Gasteiger partial charge on any atom is 0.234 e. The van der Waals surface area contributed by atoms with Crippen LogP contribution in [0.25, 0.3) is 0 Å². The van der Waals surface area contributed by atoms with Crippen LogP contribution in [0.4, 0.5) is 5.69 Å². The predicted octanol–water partition coefficient (Wildman–Crippen LogP) is 3.29. The van der Waals surface area contributed by atoms with E-state index in [1.54, 1.807) is 32.4 Å². The van der Waals surface area contributed by atoms with E-state index in [1.165, 1.54) is 37.4 Å². The summed E-state index contributed by atoms with van der Waals surface area (Å²) in [5.74, 6) is 2.98. The van der Waals surface area contributed by atoms with Gasteiger partial charge < -0.3 is 14.8 Å². The smallest absolute Gasteiger partial charge is 0.234 e. The third-order valence-corrected chi connectivity index (χ3v) is 5.28. The highest BCUT2D eigenvalue weighted by molar-refractivity contribution is 7.99. The number of hydrogen-bond donors (Lipinski definition) is 2. The van der Waals surface area contributed by atoms with E-state index >= 15 is 0 Å². The van der Waals surface area contributed by atoms with Crippen molar-refractivity contribution in [1.82, 2.24) is 15.2 Å². The summed E-state index contributed by atoms with van der Waals surface area (Å²) in [6.45, 7) is 0. The van der Waals surface area contributed by atoms with Crippen LogP contribution in [0.15, 0.2) is 23.4 Å². The first-order chi connectivity index (χ1) is 12.7. The van der Waals surface area contributed by atoms with Crippen molar-refractivity contribution in [2.75, 3.05) is 25.3 Å². The molecule has 1 aliphatic rings. The number of anilines is 1. The minimum atomic E-state index is -0.132. The molecule has 2 N–H and O–H groups in total. The number of ether oxygens (including phenoxy) is 2. The minimum Gasteiger partial charge on any atom is -0.497 e. The van der Waals surface area contributed by atoms with Gasteiger partial charge in [-0.3, -0.25) is 9.89 Å². The number of aromatic amines is 1. The summed E-state index contributed by atoms with van der Waals surface area (Å²) in [4.78, 5) is 16.7. The van der Waals surface area contributed by atoms with E-state index in [4.69, 9.17) is 9.47 Å². The SMILES string of the molecule is COc1cc(NC(=O)CSc2n[nH]c(CC3CCCC3)n2)cc(OC)c1. The molecule has 1 aromatic heterocycles. The van der Waals surface area contributed by atoms with Crippen molar-refractivity contribution < 1.29 is 14.3 Å². The van der Waals surface area contributed by atoms with Crippen LogP contribution in [0.1, 0.15) is 31.5 Å². The molecule has 1 amide bonds. The molecule has 0 atom stereocenters. The second kappa shape index (κ2) is 8.93. The van der Waals surface area contributed by atoms with Gasteiger partial charge in [0.25, 0.3) is 0 Å². The molecule has 0 unspecified atom stereocenters. The van der Waals surface area contributed by atoms with Crippen molar-refractivity contribution in [2.24, 2.45) is 5.92 Å². The number of methoxy groups -OCH3 is 2. The Morgan fingerprint density at radius 3 is 2.58 bits per heavy atom. The van der Waals surface area contributed by atoms with Gasteiger partial charge in [0.2, 0.25) is 11.1 Å². The number of rotatable bonds is 8. The van der Waals surface area contributed by atoms with Crippen LogP contribution in [-0.4, -0.2) is 41.1 Å². The maximum atomic E-state index is 12.2. The van der Waals surface area contributed by atoms with E-state index in [0.717, 1.165) is 12.2 Å². The molecule has 0 spiro atoms. The van der Waals surface area contributed by atoms with Crippen molar-refractivity contribution >= 4 is 23.4 Å². The first kappa shape index (κ1) is 18.6. The van der Waals surface area contributed by atoms with Crippen LogP contribution in [0.2, 0.25) is 0 Å². The Hall–Kier alpha value is -2.22. The van der Waals surface area contributed by atoms with Crippen molar-refractivity contribution in [3.8, 4) is 11.5 Å². The lowest BCUT2D eigenvalue weighted by Gasteiger charge is -2.09. The Morgan fingerprint density at radius 2 is 1.92 bits per heavy atom. The molecule has 26 heavy (non-hydrogen) atoms. The topological polar surface area (TPSA) is 89.1 Å². The first-order valence-electron chi connectivity index (χ1n) is 8.73. The monoisotopic (exact) mass is 376 g/mol. The summed E-state index contributed by atoms with van der Waals surface area (Å²) in [5.41, 5.74) is 0.628. The molecule has 1 fully saturated rings. The number of nitrogens with one attached hydrogen (secondary N) is 2. The summed E-state index contributed by atoms with van der Waals surface area (Å²) in [7, 11) is 3.14. The molecular formula is C18H24N4O3S. The zero-order valence-corrected chi connectivity index (χ0v) is 15.9. The highest BCUT2D eigenvalue weighted by atomic mass is 32.2. The lowest BCUT2D eigenvalue weighted by atomic mass is 10.0. The Bertz CT molecular complexity index is 722. The van der Waals surface area contributed by atoms with Gasteiger partial charge in [-0.25, -0.2) is 4.98 Å². The van der Waals surface area contributed by atoms with Crippen LogP contribution < -0.4 is 14.8 Å². The summed E-state index contributed by atoms with van der Waals surface area (Å²) in [6.07, 6.45) is 6.12. The van der Waals surface area contributed by atoms with Crippen LogP contribution in [-0.2, 0) is 11.2 Å². The molecule has 1 saturated carbocycles. The van der Waals surface area contributed by atoms with Crippen molar-refractivity contribution in [3.05, 3.63) is 24.0 Å². The molecule has 1 heterocycles. The largest absolute Gasteiger partial charge is 0.497 e. The first-order valence-corrected chi connectivity index (χ1v) is 9.72. The zero-order valence-electron chi connectivity index (χ0n) is 15.1. The number of nitrogens with zero attached hydrogens (tertiary/aromatic N) is 2. The number of carbonyl (C=O) groups is 1. The van der Waals surface area contributed by atoms with Gasteiger partial charge in [-0.05, 0) is 5.92 Å². The number of H-pyrrole nitrogens is 1. The average molecular weight is 376 g/mol. The lowest BCUT2D eigenvalue weighted by Crippen LogP contribution is -2.14. The molecular weight excluding hydrogens is 352 g/mol. The normalized spacial score (nSPS) is 14.4. The van der Waals surface area contributed by atoms with E-state index < -0.39 is 0 Å². The maximum absolute atomic E-state index is 12.2. The molecule has 140 valence electrons. The summed E-state index contributed by atoms with van der Waals surface area (Å²) < 4.78 is 10.4. The Kier molecular flexibility index (Phi) is 6.38. The van der Waals surface area contributed by atoms with Gasteiger partial charge >= 0.3 is 0 Å². The van der Waals surface area contributed by atoms with Crippen molar-refractivity contribution in [2.45, 2.75) is 37.3 Å². The molecule has 0 saturated heterocycles. The van der Waals surface area contributed by atoms with Gasteiger partial charge in [0.05, 0.1) is 20.0 Å². The number of hydrogen-bond acceptors (Lipinski definition) is 6.